The minimum absolute atomic E-state index is 0.117. The molecule has 0 spiro atoms. The average Bonchev–Trinajstić information content (AvgIpc) is 3.36. The maximum absolute atomic E-state index is 13.3. The molecule has 3 N–H and O–H groups in total. The van der Waals surface area contributed by atoms with Crippen LogP contribution >= 0.6 is 0 Å². The number of carbonyl (C=O) groups excluding carboxylic acids is 1. The Kier molecular flexibility index (Phi) is 6.31. The molecule has 192 valence electrons. The second kappa shape index (κ2) is 8.87. The third kappa shape index (κ3) is 5.20. The van der Waals surface area contributed by atoms with Gasteiger partial charge < -0.3 is 20.2 Å². The van der Waals surface area contributed by atoms with Gasteiger partial charge in [-0.15, -0.1) is 0 Å². The first kappa shape index (κ1) is 25.6. The number of halogens is 3. The van der Waals surface area contributed by atoms with E-state index in [4.69, 9.17) is 10.3 Å². The summed E-state index contributed by atoms with van der Waals surface area (Å²) in [6.07, 6.45) is -3.76. The molecule has 0 amide bonds. The van der Waals surface area contributed by atoms with Gasteiger partial charge in [0, 0.05) is 17.8 Å². The number of aromatic nitrogens is 2. The van der Waals surface area contributed by atoms with Crippen LogP contribution in [0, 0.1) is 13.8 Å². The maximum Gasteiger partial charge on any atom is 0.492 e. The molecular weight excluding hydrogens is 505 g/mol. The van der Waals surface area contributed by atoms with Gasteiger partial charge in [-0.1, -0.05) is 11.2 Å². The highest BCUT2D eigenvalue weighted by molar-refractivity contribution is 7.89. The fourth-order valence-corrected chi connectivity index (χ4v) is 4.67. The van der Waals surface area contributed by atoms with Gasteiger partial charge in [-0.05, 0) is 60.5 Å². The molecule has 14 heteroatoms. The lowest BCUT2D eigenvalue weighted by molar-refractivity contribution is -0.225. The highest BCUT2D eigenvalue weighted by Crippen LogP contribution is 2.38. The highest BCUT2D eigenvalue weighted by atomic mass is 32.2. The van der Waals surface area contributed by atoms with Gasteiger partial charge in [0.2, 0.25) is 0 Å². The zero-order valence-corrected chi connectivity index (χ0v) is 19.9. The molecule has 1 fully saturated rings. The third-order valence-corrected chi connectivity index (χ3v) is 7.15. The van der Waals surface area contributed by atoms with Gasteiger partial charge in [0.15, 0.2) is 5.76 Å². The molecule has 0 aliphatic heterocycles. The monoisotopic (exact) mass is 526 g/mol. The Bertz CT molecular complexity index is 1430. The summed E-state index contributed by atoms with van der Waals surface area (Å²) in [5.41, 5.74) is 6.80. The van der Waals surface area contributed by atoms with Gasteiger partial charge in [0.05, 0.1) is 28.3 Å². The number of nitrogens with two attached hydrogens (primary N) is 1. The number of nitrogens with zero attached hydrogens (tertiary/aromatic N) is 3. The van der Waals surface area contributed by atoms with Crippen LogP contribution in [0.25, 0.3) is 22.5 Å². The Labute approximate surface area is 203 Å². The maximum atomic E-state index is 13.3. The molecule has 1 saturated carbocycles. The van der Waals surface area contributed by atoms with E-state index in [2.05, 4.69) is 15.0 Å². The Morgan fingerprint density at radius 1 is 1.22 bits per heavy atom. The van der Waals surface area contributed by atoms with Crippen LogP contribution in [-0.2, 0) is 19.7 Å². The van der Waals surface area contributed by atoms with Crippen molar-refractivity contribution in [3.05, 3.63) is 47.8 Å². The summed E-state index contributed by atoms with van der Waals surface area (Å²) in [5.74, 6) is -2.25. The second-order valence-electron chi connectivity index (χ2n) is 8.53. The molecule has 2 heterocycles. The minimum Gasteiger partial charge on any atom is -0.388 e. The number of pyridine rings is 1. The summed E-state index contributed by atoms with van der Waals surface area (Å²) in [4.78, 5) is 19.3. The van der Waals surface area contributed by atoms with Crippen molar-refractivity contribution in [3.8, 4) is 22.5 Å². The first-order valence-electron chi connectivity index (χ1n) is 10.5. The first-order chi connectivity index (χ1) is 16.7. The van der Waals surface area contributed by atoms with E-state index in [0.717, 1.165) is 6.07 Å². The van der Waals surface area contributed by atoms with E-state index in [-0.39, 0.29) is 23.1 Å². The predicted octanol–water partition coefficient (Wildman–Crippen LogP) is 3.14. The van der Waals surface area contributed by atoms with Crippen molar-refractivity contribution in [2.75, 3.05) is 12.3 Å². The van der Waals surface area contributed by atoms with Crippen LogP contribution in [0.3, 0.4) is 0 Å². The van der Waals surface area contributed by atoms with Crippen LogP contribution in [-0.4, -0.2) is 52.4 Å². The number of hydrogen-bond donors (Lipinski definition) is 2. The van der Waals surface area contributed by atoms with Crippen molar-refractivity contribution in [2.45, 2.75) is 43.4 Å². The number of sulfonamides is 1. The average molecular weight is 526 g/mol. The van der Waals surface area contributed by atoms with Crippen LogP contribution in [0.4, 0.5) is 19.0 Å². The van der Waals surface area contributed by atoms with E-state index in [0.29, 0.717) is 33.7 Å². The number of alkyl halides is 3. The number of benzene rings is 1. The van der Waals surface area contributed by atoms with Gasteiger partial charge in [-0.25, -0.2) is 18.2 Å². The SMILES string of the molecule is Cc1cc(-c2cc(-c3cc(S(=O)(=O)N(CC4(O)CC4)OC(=O)C(F)(F)F)ccc3C)cnc2N)on1. The Morgan fingerprint density at radius 3 is 2.50 bits per heavy atom. The number of hydrogen-bond acceptors (Lipinski definition) is 9. The van der Waals surface area contributed by atoms with E-state index < -0.39 is 39.2 Å². The summed E-state index contributed by atoms with van der Waals surface area (Å²) in [6.45, 7) is 2.56. The molecule has 0 radical (unpaired) electrons. The van der Waals surface area contributed by atoms with Gasteiger partial charge in [-0.3, -0.25) is 0 Å². The van der Waals surface area contributed by atoms with Gasteiger partial charge in [0.1, 0.15) is 5.82 Å². The smallest absolute Gasteiger partial charge is 0.388 e. The fraction of sp³-hybridized carbons (Fsp3) is 0.318. The topological polar surface area (TPSA) is 149 Å². The first-order valence-corrected chi connectivity index (χ1v) is 12.0. The third-order valence-electron chi connectivity index (χ3n) is 5.56. The summed E-state index contributed by atoms with van der Waals surface area (Å²) >= 11 is 0. The number of anilines is 1. The standard InChI is InChI=1S/C22H21F3N4O6S/c1-12-3-4-15(36(32,33)29(11-21(31)5-6-21)35-20(30)22(23,24)25)9-16(12)14-8-17(19(26)27-10-14)18-7-13(2)28-34-18/h3-4,7-10,31H,5-6,11H2,1-2H3,(H2,26,27). The van der Waals surface area contributed by atoms with E-state index in [1.165, 1.54) is 18.3 Å². The largest absolute Gasteiger partial charge is 0.492 e. The van der Waals surface area contributed by atoms with Crippen LogP contribution in [0.5, 0.6) is 0 Å². The molecule has 1 aromatic carbocycles. The number of rotatable bonds is 7. The Balaban J connectivity index is 1.75. The van der Waals surface area contributed by atoms with E-state index in [1.807, 2.05) is 0 Å². The van der Waals surface area contributed by atoms with Gasteiger partial charge >= 0.3 is 12.1 Å². The van der Waals surface area contributed by atoms with Crippen molar-refractivity contribution in [1.29, 1.82) is 0 Å². The van der Waals surface area contributed by atoms with Crippen LogP contribution < -0.4 is 5.73 Å². The normalized spacial score (nSPS) is 15.2. The second-order valence-corrected chi connectivity index (χ2v) is 10.4. The molecule has 3 aromatic rings. The lowest BCUT2D eigenvalue weighted by Gasteiger charge is -2.24. The number of nitrogen functional groups attached to an aromatic ring is 1. The van der Waals surface area contributed by atoms with Crippen LogP contribution in [0.15, 0.2) is 45.9 Å². The summed E-state index contributed by atoms with van der Waals surface area (Å²) in [7, 11) is -4.81. The summed E-state index contributed by atoms with van der Waals surface area (Å²) in [6, 6.07) is 7.05. The summed E-state index contributed by atoms with van der Waals surface area (Å²) < 4.78 is 70.1. The molecular formula is C22H21F3N4O6S. The molecule has 1 aliphatic carbocycles. The van der Waals surface area contributed by atoms with Crippen molar-refractivity contribution in [3.63, 3.8) is 0 Å². The number of hydroxylamine groups is 1. The molecule has 0 bridgehead atoms. The van der Waals surface area contributed by atoms with Crippen molar-refractivity contribution in [1.82, 2.24) is 14.6 Å². The zero-order valence-electron chi connectivity index (χ0n) is 19.0. The quantitative estimate of drug-likeness (QED) is 0.443. The molecule has 36 heavy (non-hydrogen) atoms. The molecule has 0 saturated heterocycles. The van der Waals surface area contributed by atoms with Crippen molar-refractivity contribution in [2.24, 2.45) is 0 Å². The van der Waals surface area contributed by atoms with Gasteiger partial charge in [-0.2, -0.15) is 13.2 Å². The molecule has 4 rings (SSSR count). The highest BCUT2D eigenvalue weighted by Gasteiger charge is 2.49. The minimum atomic E-state index is -5.44. The molecule has 0 unspecified atom stereocenters. The van der Waals surface area contributed by atoms with Crippen LogP contribution in [0.2, 0.25) is 0 Å². The van der Waals surface area contributed by atoms with Crippen molar-refractivity contribution < 1.29 is 40.9 Å². The van der Waals surface area contributed by atoms with Crippen molar-refractivity contribution >= 4 is 21.8 Å². The lowest BCUT2D eigenvalue weighted by Crippen LogP contribution is -2.43. The molecule has 0 atom stereocenters. The number of aliphatic hydroxyl groups is 1. The predicted molar refractivity (Wildman–Crippen MR) is 119 cm³/mol. The van der Waals surface area contributed by atoms with E-state index in [9.17, 15) is 31.5 Å². The summed E-state index contributed by atoms with van der Waals surface area (Å²) in [5, 5.41) is 14.0. The van der Waals surface area contributed by atoms with E-state index in [1.54, 1.807) is 26.0 Å². The fourth-order valence-electron chi connectivity index (χ4n) is 3.35. The molecule has 10 nitrogen and oxygen atoms in total. The molecule has 1 aliphatic rings. The molecule has 2 aromatic heterocycles. The van der Waals surface area contributed by atoms with Gasteiger partial charge in [0.25, 0.3) is 10.0 Å². The number of carbonyl (C=O) groups is 1. The Morgan fingerprint density at radius 2 is 1.92 bits per heavy atom. The lowest BCUT2D eigenvalue weighted by atomic mass is 10.00. The van der Waals surface area contributed by atoms with E-state index >= 15 is 0 Å². The number of aryl methyl sites for hydroxylation is 2. The zero-order chi connectivity index (χ0) is 26.5. The van der Waals surface area contributed by atoms with Crippen LogP contribution in [0.1, 0.15) is 24.1 Å². The Hall–Kier alpha value is -3.49.